The molecular weight excluding hydrogens is 279 g/mol. The summed E-state index contributed by atoms with van der Waals surface area (Å²) < 4.78 is 5.33. The highest BCUT2D eigenvalue weighted by atomic mass is 35.7. The van der Waals surface area contributed by atoms with Gasteiger partial charge in [-0.05, 0) is 29.8 Å². The molecule has 0 amide bonds. The Balaban J connectivity index is 2.39. The predicted octanol–water partition coefficient (Wildman–Crippen LogP) is 4.98. The first kappa shape index (κ1) is 14.3. The Kier molecular flexibility index (Phi) is 4.81. The first-order valence-corrected chi connectivity index (χ1v) is 8.18. The summed E-state index contributed by atoms with van der Waals surface area (Å²) in [7, 11) is -1.92. The van der Waals surface area contributed by atoms with E-state index in [1.807, 2.05) is 37.3 Å². The van der Waals surface area contributed by atoms with Crippen LogP contribution < -0.4 is 4.52 Å². The molecule has 0 aromatic heterocycles. The van der Waals surface area contributed by atoms with Crippen molar-refractivity contribution >= 4 is 19.0 Å². The second-order valence-corrected chi connectivity index (χ2v) is 5.99. The van der Waals surface area contributed by atoms with Crippen molar-refractivity contribution in [2.45, 2.75) is 19.8 Å². The normalized spacial score (nSPS) is 13.9. The van der Waals surface area contributed by atoms with Crippen LogP contribution in [0.2, 0.25) is 0 Å². The number of hydrogen-bond acceptors (Lipinski definition) is 2. The Hall–Kier alpha value is -1.08. The van der Waals surface area contributed by atoms with Gasteiger partial charge in [0.05, 0.1) is 0 Å². The van der Waals surface area contributed by atoms with E-state index in [2.05, 4.69) is 25.1 Å². The lowest BCUT2D eigenvalue weighted by molar-refractivity contribution is 0.500. The van der Waals surface area contributed by atoms with Crippen LogP contribution in [-0.2, 0) is 0 Å². The molecule has 19 heavy (non-hydrogen) atoms. The Labute approximate surface area is 119 Å². The molecule has 0 saturated heterocycles. The molecular formula is C15H16ClO2P. The van der Waals surface area contributed by atoms with Gasteiger partial charge in [-0.25, -0.2) is 0 Å². The van der Waals surface area contributed by atoms with Crippen molar-refractivity contribution in [3.05, 3.63) is 65.2 Å². The zero-order valence-corrected chi connectivity index (χ0v) is 12.5. The standard InChI is InChI=1S/C15H16ClO2P/c1-11-8-9-15(18-19(16)17)14(10-11)12(2)13-6-4-3-5-7-13/h3-10,12,17H,1-2H3. The first-order chi connectivity index (χ1) is 9.08. The van der Waals surface area contributed by atoms with Gasteiger partial charge in [-0.15, -0.1) is 0 Å². The molecule has 2 aromatic rings. The van der Waals surface area contributed by atoms with Gasteiger partial charge in [0.25, 0.3) is 0 Å². The monoisotopic (exact) mass is 294 g/mol. The minimum Gasteiger partial charge on any atom is -0.436 e. The van der Waals surface area contributed by atoms with Crippen LogP contribution in [-0.4, -0.2) is 4.89 Å². The SMILES string of the molecule is Cc1ccc(OP(O)Cl)c(C(C)c2ccccc2)c1. The summed E-state index contributed by atoms with van der Waals surface area (Å²) in [6, 6.07) is 16.1. The highest BCUT2D eigenvalue weighted by molar-refractivity contribution is 7.75. The van der Waals surface area contributed by atoms with E-state index in [4.69, 9.17) is 15.8 Å². The van der Waals surface area contributed by atoms with Gasteiger partial charge in [0.15, 0.2) is 0 Å². The van der Waals surface area contributed by atoms with Crippen LogP contribution in [0.5, 0.6) is 5.75 Å². The summed E-state index contributed by atoms with van der Waals surface area (Å²) in [5.41, 5.74) is 3.39. The van der Waals surface area contributed by atoms with Crippen molar-refractivity contribution in [2.75, 3.05) is 0 Å². The maximum atomic E-state index is 9.26. The molecule has 0 fully saturated rings. The van der Waals surface area contributed by atoms with Gasteiger partial charge in [-0.3, -0.25) is 0 Å². The van der Waals surface area contributed by atoms with Gasteiger partial charge in [0, 0.05) is 11.5 Å². The average Bonchev–Trinajstić information content (AvgIpc) is 2.40. The van der Waals surface area contributed by atoms with Crippen LogP contribution >= 0.6 is 19.0 Å². The smallest absolute Gasteiger partial charge is 0.335 e. The minimum absolute atomic E-state index is 0.183. The third kappa shape index (κ3) is 3.70. The summed E-state index contributed by atoms with van der Waals surface area (Å²) in [6.07, 6.45) is 0. The molecule has 0 heterocycles. The van der Waals surface area contributed by atoms with Crippen LogP contribution in [0.25, 0.3) is 0 Å². The Morgan fingerprint density at radius 3 is 2.47 bits per heavy atom. The molecule has 2 atom stereocenters. The molecule has 0 saturated carbocycles. The van der Waals surface area contributed by atoms with E-state index in [9.17, 15) is 4.89 Å². The number of rotatable bonds is 4. The number of halogens is 1. The highest BCUT2D eigenvalue weighted by Crippen LogP contribution is 2.42. The molecule has 100 valence electrons. The largest absolute Gasteiger partial charge is 0.436 e. The first-order valence-electron chi connectivity index (χ1n) is 6.06. The van der Waals surface area contributed by atoms with Crippen molar-refractivity contribution in [3.8, 4) is 5.75 Å². The molecule has 4 heteroatoms. The summed E-state index contributed by atoms with van der Waals surface area (Å²) in [4.78, 5) is 9.26. The Bertz CT molecular complexity index is 543. The fourth-order valence-corrected chi connectivity index (χ4v) is 2.64. The third-order valence-corrected chi connectivity index (χ3v) is 3.66. The van der Waals surface area contributed by atoms with Crippen molar-refractivity contribution in [2.24, 2.45) is 0 Å². The molecule has 2 aromatic carbocycles. The molecule has 0 aliphatic carbocycles. The maximum Gasteiger partial charge on any atom is 0.335 e. The maximum absolute atomic E-state index is 9.26. The number of hydrogen-bond donors (Lipinski definition) is 1. The van der Waals surface area contributed by atoms with E-state index in [1.165, 1.54) is 5.56 Å². The lowest BCUT2D eigenvalue weighted by atomic mass is 9.91. The minimum atomic E-state index is -1.92. The molecule has 2 unspecified atom stereocenters. The van der Waals surface area contributed by atoms with Crippen LogP contribution in [0.3, 0.4) is 0 Å². The average molecular weight is 295 g/mol. The highest BCUT2D eigenvalue weighted by Gasteiger charge is 2.16. The quantitative estimate of drug-likeness (QED) is 0.806. The van der Waals surface area contributed by atoms with Crippen LogP contribution in [0.4, 0.5) is 0 Å². The second-order valence-electron chi connectivity index (χ2n) is 4.49. The van der Waals surface area contributed by atoms with Gasteiger partial charge < -0.3 is 9.42 Å². The fraction of sp³-hybridized carbons (Fsp3) is 0.200. The van der Waals surface area contributed by atoms with Gasteiger partial charge >= 0.3 is 7.73 Å². The van der Waals surface area contributed by atoms with E-state index >= 15 is 0 Å². The van der Waals surface area contributed by atoms with E-state index in [0.717, 1.165) is 11.1 Å². The summed E-state index contributed by atoms with van der Waals surface area (Å²) in [5.74, 6) is 0.827. The Morgan fingerprint density at radius 2 is 1.84 bits per heavy atom. The fourth-order valence-electron chi connectivity index (χ4n) is 2.09. The Morgan fingerprint density at radius 1 is 1.16 bits per heavy atom. The summed E-state index contributed by atoms with van der Waals surface area (Å²) >= 11 is 5.57. The molecule has 0 spiro atoms. The summed E-state index contributed by atoms with van der Waals surface area (Å²) in [6.45, 7) is 4.15. The van der Waals surface area contributed by atoms with Crippen molar-refractivity contribution in [3.63, 3.8) is 0 Å². The second kappa shape index (κ2) is 6.38. The van der Waals surface area contributed by atoms with E-state index in [1.54, 1.807) is 0 Å². The molecule has 2 rings (SSSR count). The summed E-state index contributed by atoms with van der Waals surface area (Å²) in [5, 5.41) is 0. The van der Waals surface area contributed by atoms with Crippen molar-refractivity contribution < 1.29 is 9.42 Å². The van der Waals surface area contributed by atoms with Gasteiger partial charge in [0.2, 0.25) is 0 Å². The molecule has 0 radical (unpaired) electrons. The molecule has 0 aliphatic heterocycles. The molecule has 0 aliphatic rings. The molecule has 2 nitrogen and oxygen atoms in total. The zero-order valence-electron chi connectivity index (χ0n) is 10.9. The van der Waals surface area contributed by atoms with E-state index < -0.39 is 7.73 Å². The number of benzene rings is 2. The van der Waals surface area contributed by atoms with Gasteiger partial charge in [0.1, 0.15) is 5.75 Å². The number of aryl methyl sites for hydroxylation is 1. The third-order valence-electron chi connectivity index (χ3n) is 3.11. The van der Waals surface area contributed by atoms with Crippen LogP contribution in [0.1, 0.15) is 29.5 Å². The van der Waals surface area contributed by atoms with Crippen LogP contribution in [0, 0.1) is 6.92 Å². The van der Waals surface area contributed by atoms with Gasteiger partial charge in [-0.2, -0.15) is 0 Å². The van der Waals surface area contributed by atoms with E-state index in [-0.39, 0.29) is 5.92 Å². The lowest BCUT2D eigenvalue weighted by Crippen LogP contribution is -1.99. The molecule has 0 bridgehead atoms. The zero-order chi connectivity index (χ0) is 13.8. The molecule has 1 N–H and O–H groups in total. The van der Waals surface area contributed by atoms with Crippen molar-refractivity contribution in [1.29, 1.82) is 0 Å². The van der Waals surface area contributed by atoms with E-state index in [0.29, 0.717) is 5.75 Å². The van der Waals surface area contributed by atoms with Gasteiger partial charge in [-0.1, -0.05) is 55.0 Å². The lowest BCUT2D eigenvalue weighted by Gasteiger charge is -2.18. The topological polar surface area (TPSA) is 29.5 Å². The van der Waals surface area contributed by atoms with Crippen molar-refractivity contribution in [1.82, 2.24) is 0 Å². The van der Waals surface area contributed by atoms with Crippen LogP contribution in [0.15, 0.2) is 48.5 Å². The predicted molar refractivity (Wildman–Crippen MR) is 80.8 cm³/mol.